The molecule has 0 saturated heterocycles. The first-order chi connectivity index (χ1) is 8.04. The minimum absolute atomic E-state index is 0.0253. The summed E-state index contributed by atoms with van der Waals surface area (Å²) < 4.78 is 10.0. The molecule has 0 aliphatic rings. The quantitative estimate of drug-likeness (QED) is 0.790. The van der Waals surface area contributed by atoms with Crippen LogP contribution in [0.5, 0.6) is 5.88 Å². The summed E-state index contributed by atoms with van der Waals surface area (Å²) in [5.41, 5.74) is 0. The number of hydrogen-bond donors (Lipinski definition) is 1. The third-order valence-corrected chi connectivity index (χ3v) is 2.23. The van der Waals surface area contributed by atoms with Crippen LogP contribution in [-0.2, 0) is 4.79 Å². The van der Waals surface area contributed by atoms with Crippen LogP contribution in [0.15, 0.2) is 10.6 Å². The van der Waals surface area contributed by atoms with Gasteiger partial charge in [-0.2, -0.15) is 0 Å². The number of amides is 1. The van der Waals surface area contributed by atoms with Crippen LogP contribution in [-0.4, -0.2) is 46.9 Å². The zero-order valence-corrected chi connectivity index (χ0v) is 10.3. The smallest absolute Gasteiger partial charge is 0.260 e. The first kappa shape index (κ1) is 13.5. The average Bonchev–Trinajstić information content (AvgIpc) is 2.68. The maximum absolute atomic E-state index is 11.8. The van der Waals surface area contributed by atoms with Crippen LogP contribution in [0, 0.1) is 6.92 Å². The molecule has 0 saturated carbocycles. The van der Waals surface area contributed by atoms with Crippen molar-refractivity contribution in [3.05, 3.63) is 11.8 Å². The molecule has 0 spiro atoms. The minimum Gasteiger partial charge on any atom is -0.465 e. The molecule has 96 valence electrons. The number of aliphatic hydroxyl groups excluding tert-OH is 1. The maximum Gasteiger partial charge on any atom is 0.260 e. The molecule has 0 radical (unpaired) electrons. The van der Waals surface area contributed by atoms with Crippen LogP contribution in [0.1, 0.15) is 19.6 Å². The van der Waals surface area contributed by atoms with Crippen molar-refractivity contribution < 1.29 is 19.2 Å². The molecule has 1 aromatic rings. The van der Waals surface area contributed by atoms with Gasteiger partial charge in [-0.25, -0.2) is 0 Å². The van der Waals surface area contributed by atoms with E-state index in [9.17, 15) is 4.79 Å². The van der Waals surface area contributed by atoms with Gasteiger partial charge in [-0.05, 0) is 25.9 Å². The molecule has 0 aromatic carbocycles. The first-order valence-corrected chi connectivity index (χ1v) is 5.51. The largest absolute Gasteiger partial charge is 0.465 e. The third kappa shape index (κ3) is 4.07. The van der Waals surface area contributed by atoms with E-state index in [4.69, 9.17) is 14.4 Å². The Morgan fingerprint density at radius 1 is 1.65 bits per heavy atom. The summed E-state index contributed by atoms with van der Waals surface area (Å²) in [6.07, 6.45) is 0. The van der Waals surface area contributed by atoms with Crippen LogP contribution in [0.2, 0.25) is 0 Å². The van der Waals surface area contributed by atoms with Gasteiger partial charge in [0.05, 0.1) is 6.61 Å². The highest BCUT2D eigenvalue weighted by atomic mass is 16.5. The van der Waals surface area contributed by atoms with Gasteiger partial charge in [0.1, 0.15) is 5.76 Å². The molecule has 6 heteroatoms. The van der Waals surface area contributed by atoms with Gasteiger partial charge in [0, 0.05) is 18.7 Å². The van der Waals surface area contributed by atoms with Gasteiger partial charge in [0.15, 0.2) is 6.61 Å². The Labute approximate surface area is 100 Å². The fourth-order valence-corrected chi connectivity index (χ4v) is 1.41. The molecule has 6 nitrogen and oxygen atoms in total. The molecule has 0 aliphatic heterocycles. The summed E-state index contributed by atoms with van der Waals surface area (Å²) in [5.74, 6) is 0.738. The number of aromatic nitrogens is 1. The van der Waals surface area contributed by atoms with Crippen LogP contribution in [0.3, 0.4) is 0 Å². The molecule has 0 bridgehead atoms. The van der Waals surface area contributed by atoms with Gasteiger partial charge in [-0.1, -0.05) is 0 Å². The molecular weight excluding hydrogens is 224 g/mol. The van der Waals surface area contributed by atoms with E-state index in [0.717, 1.165) is 0 Å². The number of carbonyl (C=O) groups excluding carboxylic acids is 1. The summed E-state index contributed by atoms with van der Waals surface area (Å²) in [6.45, 7) is 5.64. The van der Waals surface area contributed by atoms with Crippen LogP contribution in [0.4, 0.5) is 0 Å². The second kappa shape index (κ2) is 6.24. The number of aryl methyl sites for hydroxylation is 1. The van der Waals surface area contributed by atoms with E-state index >= 15 is 0 Å². The number of nitrogens with zero attached hydrogens (tertiary/aromatic N) is 2. The number of aliphatic hydroxyl groups is 1. The van der Waals surface area contributed by atoms with E-state index < -0.39 is 0 Å². The average molecular weight is 242 g/mol. The highest BCUT2D eigenvalue weighted by Gasteiger charge is 2.17. The minimum atomic E-state index is -0.185. The summed E-state index contributed by atoms with van der Waals surface area (Å²) in [6, 6.07) is 1.64. The van der Waals surface area contributed by atoms with Gasteiger partial charge in [-0.3, -0.25) is 4.79 Å². The van der Waals surface area contributed by atoms with Gasteiger partial charge in [-0.15, -0.1) is 0 Å². The Balaban J connectivity index is 2.47. The molecular formula is C11H18N2O4. The predicted octanol–water partition coefficient (Wildman–Crippen LogP) is 0.591. The standard InChI is InChI=1S/C11H18N2O4/c1-8(2)13(4-5-14)11(15)7-16-10-6-9(3)17-12-10/h6,8,14H,4-5,7H2,1-3H3. The SMILES string of the molecule is Cc1cc(OCC(=O)N(CCO)C(C)C)no1. The molecule has 1 heterocycles. The molecule has 0 fully saturated rings. The Bertz CT molecular complexity index is 362. The normalized spacial score (nSPS) is 10.6. The molecule has 1 N–H and O–H groups in total. The number of carbonyl (C=O) groups is 1. The number of hydrogen-bond acceptors (Lipinski definition) is 5. The lowest BCUT2D eigenvalue weighted by Gasteiger charge is -2.25. The van der Waals surface area contributed by atoms with Crippen molar-refractivity contribution in [1.29, 1.82) is 0 Å². The maximum atomic E-state index is 11.8. The molecule has 0 aliphatic carbocycles. The van der Waals surface area contributed by atoms with E-state index in [2.05, 4.69) is 5.16 Å². The lowest BCUT2D eigenvalue weighted by Crippen LogP contribution is -2.41. The zero-order chi connectivity index (χ0) is 12.8. The number of ether oxygens (including phenoxy) is 1. The summed E-state index contributed by atoms with van der Waals surface area (Å²) in [4.78, 5) is 13.3. The molecule has 1 rings (SSSR count). The van der Waals surface area contributed by atoms with E-state index in [-0.39, 0.29) is 25.2 Å². The van der Waals surface area contributed by atoms with Crippen LogP contribution < -0.4 is 4.74 Å². The van der Waals surface area contributed by atoms with E-state index in [1.165, 1.54) is 0 Å². The van der Waals surface area contributed by atoms with E-state index in [0.29, 0.717) is 18.2 Å². The van der Waals surface area contributed by atoms with Crippen molar-refractivity contribution in [2.45, 2.75) is 26.8 Å². The predicted molar refractivity (Wildman–Crippen MR) is 60.7 cm³/mol. The van der Waals surface area contributed by atoms with Gasteiger partial charge >= 0.3 is 0 Å². The van der Waals surface area contributed by atoms with Crippen molar-refractivity contribution in [1.82, 2.24) is 10.1 Å². The molecule has 17 heavy (non-hydrogen) atoms. The molecule has 0 atom stereocenters. The molecule has 1 aromatic heterocycles. The van der Waals surface area contributed by atoms with E-state index in [1.807, 2.05) is 13.8 Å². The van der Waals surface area contributed by atoms with Gasteiger partial charge in [0.2, 0.25) is 0 Å². The fourth-order valence-electron chi connectivity index (χ4n) is 1.41. The van der Waals surface area contributed by atoms with Gasteiger partial charge in [0.25, 0.3) is 11.8 Å². The van der Waals surface area contributed by atoms with Gasteiger partial charge < -0.3 is 19.3 Å². The molecule has 0 unspecified atom stereocenters. The Kier molecular flexibility index (Phi) is 4.96. The monoisotopic (exact) mass is 242 g/mol. The van der Waals surface area contributed by atoms with Crippen molar-refractivity contribution in [2.75, 3.05) is 19.8 Å². The van der Waals surface area contributed by atoms with Crippen molar-refractivity contribution in [3.63, 3.8) is 0 Å². The summed E-state index contributed by atoms with van der Waals surface area (Å²) in [5, 5.41) is 12.5. The highest BCUT2D eigenvalue weighted by molar-refractivity contribution is 5.78. The Hall–Kier alpha value is -1.56. The van der Waals surface area contributed by atoms with Crippen molar-refractivity contribution >= 4 is 5.91 Å². The summed E-state index contributed by atoms with van der Waals surface area (Å²) in [7, 11) is 0. The molecule has 1 amide bonds. The third-order valence-electron chi connectivity index (χ3n) is 2.23. The Morgan fingerprint density at radius 3 is 2.82 bits per heavy atom. The van der Waals surface area contributed by atoms with E-state index in [1.54, 1.807) is 17.9 Å². The lowest BCUT2D eigenvalue weighted by atomic mass is 10.3. The first-order valence-electron chi connectivity index (χ1n) is 5.51. The van der Waals surface area contributed by atoms with Crippen LogP contribution >= 0.6 is 0 Å². The van der Waals surface area contributed by atoms with Crippen molar-refractivity contribution in [2.24, 2.45) is 0 Å². The zero-order valence-electron chi connectivity index (χ0n) is 10.3. The topological polar surface area (TPSA) is 75.8 Å². The lowest BCUT2D eigenvalue weighted by molar-refractivity contribution is -0.135. The highest BCUT2D eigenvalue weighted by Crippen LogP contribution is 2.10. The second-order valence-corrected chi connectivity index (χ2v) is 3.97. The second-order valence-electron chi connectivity index (χ2n) is 3.97. The summed E-state index contributed by atoms with van der Waals surface area (Å²) >= 11 is 0. The number of rotatable bonds is 6. The van der Waals surface area contributed by atoms with Crippen molar-refractivity contribution in [3.8, 4) is 5.88 Å². The fraction of sp³-hybridized carbons (Fsp3) is 0.636. The Morgan fingerprint density at radius 2 is 2.35 bits per heavy atom. The van der Waals surface area contributed by atoms with Crippen LogP contribution in [0.25, 0.3) is 0 Å².